The molecule has 0 radical (unpaired) electrons. The molecule has 242 valence electrons. The minimum absolute atomic E-state index is 0.0127. The number of carbonyl (C=O) groups is 1. The van der Waals surface area contributed by atoms with Crippen LogP contribution in [0.15, 0.2) is 36.7 Å². The first-order chi connectivity index (χ1) is 21.0. The first kappa shape index (κ1) is 34.1. The molecule has 1 aliphatic heterocycles. The fraction of sp³-hybridized carbons (Fsp3) is 0.545. The zero-order chi connectivity index (χ0) is 33.2. The van der Waals surface area contributed by atoms with E-state index in [1.807, 2.05) is 43.7 Å². The predicted molar refractivity (Wildman–Crippen MR) is 178 cm³/mol. The Labute approximate surface area is 268 Å². The van der Waals surface area contributed by atoms with Crippen molar-refractivity contribution in [3.8, 4) is 17.3 Å². The Bertz CT molecular complexity index is 1570. The lowest BCUT2D eigenvalue weighted by atomic mass is 9.83. The third kappa shape index (κ3) is 7.72. The van der Waals surface area contributed by atoms with E-state index in [0.717, 1.165) is 23.4 Å². The van der Waals surface area contributed by atoms with E-state index in [2.05, 4.69) is 62.3 Å². The monoisotopic (exact) mass is 633 g/mol. The SMILES string of the molecule is COCCCn1nccc1Nc1nccc(-c2cc(C#N)c3c(c2)[C@@](C)(CO[Si](C)(C)C(C)(C)C)CN3C(=O)OC(C)(C)C)n1. The van der Waals surface area contributed by atoms with E-state index in [0.29, 0.717) is 49.2 Å². The molecule has 1 N–H and O–H groups in total. The van der Waals surface area contributed by atoms with Crippen molar-refractivity contribution in [2.45, 2.75) is 90.6 Å². The van der Waals surface area contributed by atoms with Crippen molar-refractivity contribution in [2.24, 2.45) is 0 Å². The van der Waals surface area contributed by atoms with Crippen LogP contribution in [0.1, 0.15) is 66.0 Å². The number of anilines is 3. The van der Waals surface area contributed by atoms with Gasteiger partial charge in [0, 0.05) is 56.7 Å². The van der Waals surface area contributed by atoms with E-state index in [4.69, 9.17) is 18.9 Å². The normalized spacial score (nSPS) is 16.8. The molecule has 1 amide bonds. The number of carbonyl (C=O) groups excluding carboxylic acids is 1. The lowest BCUT2D eigenvalue weighted by Crippen LogP contribution is -2.46. The molecule has 3 aromatic rings. The molecule has 1 atom stereocenters. The zero-order valence-corrected chi connectivity index (χ0v) is 29.3. The fourth-order valence-corrected chi connectivity index (χ4v) is 6.07. The molecular formula is C33H47N7O4Si. The lowest BCUT2D eigenvalue weighted by Gasteiger charge is -2.39. The molecule has 1 aliphatic rings. The van der Waals surface area contributed by atoms with Crippen LogP contribution in [0.2, 0.25) is 18.1 Å². The van der Waals surface area contributed by atoms with Gasteiger partial charge in [0.2, 0.25) is 5.95 Å². The molecule has 0 bridgehead atoms. The summed E-state index contributed by atoms with van der Waals surface area (Å²) in [6, 6.07) is 9.82. The summed E-state index contributed by atoms with van der Waals surface area (Å²) in [7, 11) is -0.447. The van der Waals surface area contributed by atoms with Gasteiger partial charge in [-0.15, -0.1) is 0 Å². The molecule has 0 saturated carbocycles. The van der Waals surface area contributed by atoms with Crippen LogP contribution in [0.4, 0.5) is 22.2 Å². The van der Waals surface area contributed by atoms with Crippen molar-refractivity contribution in [2.75, 3.05) is 37.1 Å². The summed E-state index contributed by atoms with van der Waals surface area (Å²) in [6.07, 6.45) is 3.74. The van der Waals surface area contributed by atoms with Crippen molar-refractivity contribution in [3.63, 3.8) is 0 Å². The summed E-state index contributed by atoms with van der Waals surface area (Å²) < 4.78 is 19.5. The zero-order valence-electron chi connectivity index (χ0n) is 28.3. The Balaban J connectivity index is 1.74. The van der Waals surface area contributed by atoms with Crippen LogP contribution in [-0.2, 0) is 25.9 Å². The second-order valence-electron chi connectivity index (χ2n) is 14.4. The predicted octanol–water partition coefficient (Wildman–Crippen LogP) is 7.03. The highest BCUT2D eigenvalue weighted by Gasteiger charge is 2.47. The number of methoxy groups -OCH3 is 1. The van der Waals surface area contributed by atoms with Gasteiger partial charge in [-0.25, -0.2) is 19.4 Å². The number of nitriles is 1. The Morgan fingerprint density at radius 2 is 1.89 bits per heavy atom. The number of aromatic nitrogens is 4. The van der Waals surface area contributed by atoms with Crippen molar-refractivity contribution >= 4 is 31.9 Å². The van der Waals surface area contributed by atoms with Gasteiger partial charge in [-0.3, -0.25) is 4.90 Å². The first-order valence-corrected chi connectivity index (χ1v) is 18.2. The van der Waals surface area contributed by atoms with Gasteiger partial charge in [-0.2, -0.15) is 10.4 Å². The number of nitrogens with one attached hydrogen (secondary N) is 1. The number of aryl methyl sites for hydroxylation is 1. The smallest absolute Gasteiger partial charge is 0.414 e. The van der Waals surface area contributed by atoms with Gasteiger partial charge in [0.15, 0.2) is 8.32 Å². The van der Waals surface area contributed by atoms with Crippen LogP contribution in [0.25, 0.3) is 11.3 Å². The van der Waals surface area contributed by atoms with E-state index in [-0.39, 0.29) is 5.04 Å². The van der Waals surface area contributed by atoms with Gasteiger partial charge in [-0.1, -0.05) is 27.7 Å². The molecule has 12 heteroatoms. The van der Waals surface area contributed by atoms with E-state index in [9.17, 15) is 10.1 Å². The van der Waals surface area contributed by atoms with Crippen LogP contribution < -0.4 is 10.2 Å². The highest BCUT2D eigenvalue weighted by atomic mass is 28.4. The Morgan fingerprint density at radius 3 is 2.53 bits per heavy atom. The number of rotatable bonds is 10. The number of amides is 1. The highest BCUT2D eigenvalue weighted by molar-refractivity contribution is 6.74. The number of fused-ring (bicyclic) bond motifs is 1. The minimum atomic E-state index is -2.12. The summed E-state index contributed by atoms with van der Waals surface area (Å²) in [6.45, 7) is 20.7. The third-order valence-corrected chi connectivity index (χ3v) is 12.9. The Kier molecular flexibility index (Phi) is 9.77. The van der Waals surface area contributed by atoms with Gasteiger partial charge in [0.25, 0.3) is 0 Å². The van der Waals surface area contributed by atoms with Crippen LogP contribution in [-0.4, -0.2) is 66.6 Å². The Morgan fingerprint density at radius 1 is 1.16 bits per heavy atom. The summed E-state index contributed by atoms with van der Waals surface area (Å²) in [5.74, 6) is 1.16. The largest absolute Gasteiger partial charge is 0.443 e. The van der Waals surface area contributed by atoms with Gasteiger partial charge < -0.3 is 19.2 Å². The van der Waals surface area contributed by atoms with E-state index in [1.165, 1.54) is 0 Å². The van der Waals surface area contributed by atoms with E-state index < -0.39 is 25.4 Å². The van der Waals surface area contributed by atoms with Crippen LogP contribution in [0.3, 0.4) is 0 Å². The molecule has 0 fully saturated rings. The average Bonchev–Trinajstić information content (AvgIpc) is 3.52. The molecule has 0 unspecified atom stereocenters. The molecular weight excluding hydrogens is 586 g/mol. The molecule has 11 nitrogen and oxygen atoms in total. The van der Waals surface area contributed by atoms with Crippen molar-refractivity contribution < 1.29 is 18.7 Å². The first-order valence-electron chi connectivity index (χ1n) is 15.3. The number of ether oxygens (including phenoxy) is 2. The van der Waals surface area contributed by atoms with Crippen molar-refractivity contribution in [3.05, 3.63) is 47.8 Å². The maximum Gasteiger partial charge on any atom is 0.414 e. The molecule has 0 aliphatic carbocycles. The topological polar surface area (TPSA) is 127 Å². The van der Waals surface area contributed by atoms with Gasteiger partial charge in [0.05, 0.1) is 23.1 Å². The van der Waals surface area contributed by atoms with E-state index in [1.54, 1.807) is 30.5 Å². The van der Waals surface area contributed by atoms with E-state index >= 15 is 0 Å². The fourth-order valence-electron chi connectivity index (χ4n) is 4.95. The molecule has 3 heterocycles. The lowest BCUT2D eigenvalue weighted by molar-refractivity contribution is 0.0575. The molecule has 2 aromatic heterocycles. The van der Waals surface area contributed by atoms with Crippen LogP contribution in [0.5, 0.6) is 0 Å². The number of nitrogens with zero attached hydrogens (tertiary/aromatic N) is 6. The molecule has 0 spiro atoms. The quantitative estimate of drug-likeness (QED) is 0.185. The van der Waals surface area contributed by atoms with Crippen LogP contribution >= 0.6 is 0 Å². The molecule has 45 heavy (non-hydrogen) atoms. The summed E-state index contributed by atoms with van der Waals surface area (Å²) in [5.41, 5.74) is 1.88. The Hall–Kier alpha value is -3.79. The summed E-state index contributed by atoms with van der Waals surface area (Å²) in [5, 5.41) is 18.0. The summed E-state index contributed by atoms with van der Waals surface area (Å²) >= 11 is 0. The van der Waals surface area contributed by atoms with Crippen molar-refractivity contribution in [1.29, 1.82) is 5.26 Å². The molecule has 4 rings (SSSR count). The highest BCUT2D eigenvalue weighted by Crippen LogP contribution is 2.47. The average molecular weight is 634 g/mol. The second kappa shape index (κ2) is 12.9. The van der Waals surface area contributed by atoms with Gasteiger partial charge >= 0.3 is 6.09 Å². The second-order valence-corrected chi connectivity index (χ2v) is 19.2. The third-order valence-electron chi connectivity index (χ3n) is 8.46. The van der Waals surface area contributed by atoms with Crippen LogP contribution in [0, 0.1) is 11.3 Å². The summed E-state index contributed by atoms with van der Waals surface area (Å²) in [4.78, 5) is 24.3. The van der Waals surface area contributed by atoms with Crippen molar-refractivity contribution in [1.82, 2.24) is 19.7 Å². The maximum absolute atomic E-state index is 13.5. The number of hydrogen-bond donors (Lipinski definition) is 1. The minimum Gasteiger partial charge on any atom is -0.443 e. The molecule has 1 aromatic carbocycles. The van der Waals surface area contributed by atoms with Gasteiger partial charge in [-0.05, 0) is 69.1 Å². The van der Waals surface area contributed by atoms with Gasteiger partial charge in [0.1, 0.15) is 17.5 Å². The standard InChI is InChI=1S/C33H47N7O4Si/c1-31(2,3)44-30(41)39-21-33(7,22-43-45(9,10)32(4,5)6)25-19-23(18-24(20-34)28(25)39)26-12-14-35-29(37-26)38-27-13-15-36-40(27)16-11-17-42-8/h12-15,18-19H,11,16-17,21-22H2,1-10H3,(H,35,37,38)/t33-/m1/s1. The number of hydrogen-bond acceptors (Lipinski definition) is 9. The molecule has 0 saturated heterocycles. The maximum atomic E-state index is 13.5. The number of benzene rings is 1.